The largest absolute Gasteiger partial charge is 0.507 e. The summed E-state index contributed by atoms with van der Waals surface area (Å²) in [7, 11) is 0.475. The fourth-order valence-electron chi connectivity index (χ4n) is 2.95. The predicted octanol–water partition coefficient (Wildman–Crippen LogP) is 1.62. The molecule has 1 aromatic carbocycles. The smallest absolute Gasteiger partial charge is 0.214 e. The number of nitrogens with zero attached hydrogens (tertiary/aromatic N) is 4. The van der Waals surface area contributed by atoms with Crippen LogP contribution >= 0.6 is 0 Å². The highest BCUT2D eigenvalue weighted by Crippen LogP contribution is 2.32. The zero-order valence-corrected chi connectivity index (χ0v) is 15.4. The van der Waals surface area contributed by atoms with Crippen LogP contribution in [0.15, 0.2) is 24.3 Å². The summed E-state index contributed by atoms with van der Waals surface area (Å²) in [5, 5.41) is 10.1. The lowest BCUT2D eigenvalue weighted by Gasteiger charge is -2.30. The summed E-state index contributed by atoms with van der Waals surface area (Å²) in [6.45, 7) is 2.34. The topological polar surface area (TPSA) is 86.6 Å². The Bertz CT molecular complexity index is 897. The molecular formula is C17H22N4O3S. The summed E-state index contributed by atoms with van der Waals surface area (Å²) in [6, 6.07) is 6.94. The van der Waals surface area contributed by atoms with E-state index in [9.17, 15) is 13.5 Å². The van der Waals surface area contributed by atoms with Gasteiger partial charge in [-0.05, 0) is 19.1 Å². The fraction of sp³-hybridized carbons (Fsp3) is 0.412. The molecule has 1 N–H and O–H groups in total. The van der Waals surface area contributed by atoms with Crippen molar-refractivity contribution in [2.75, 3.05) is 31.3 Å². The second kappa shape index (κ2) is 6.61. The first kappa shape index (κ1) is 17.6. The average Bonchev–Trinajstić information content (AvgIpc) is 2.60. The second-order valence-corrected chi connectivity index (χ2v) is 8.45. The number of phenolic OH excluding ortho intramolecular Hbond substituents is 1. The van der Waals surface area contributed by atoms with Crippen molar-refractivity contribution in [3.63, 3.8) is 0 Å². The number of aromatic nitrogens is 2. The lowest BCUT2D eigenvalue weighted by Crippen LogP contribution is -2.38. The van der Waals surface area contributed by atoms with Crippen LogP contribution in [0.4, 0.5) is 5.82 Å². The van der Waals surface area contributed by atoms with Gasteiger partial charge in [0.05, 0.1) is 17.0 Å². The Balaban J connectivity index is 2.10. The Morgan fingerprint density at radius 2 is 1.96 bits per heavy atom. The number of phenols is 1. The van der Waals surface area contributed by atoms with Gasteiger partial charge in [-0.2, -0.15) is 4.31 Å². The first-order valence-corrected chi connectivity index (χ1v) is 9.77. The Labute approximate surface area is 148 Å². The number of rotatable bonds is 4. The van der Waals surface area contributed by atoms with Gasteiger partial charge >= 0.3 is 0 Å². The minimum absolute atomic E-state index is 0.0798. The van der Waals surface area contributed by atoms with Crippen LogP contribution in [0.1, 0.15) is 18.2 Å². The molecule has 0 unspecified atom stereocenters. The third-order valence-electron chi connectivity index (χ3n) is 4.33. The third-order valence-corrected chi connectivity index (χ3v) is 6.16. The van der Waals surface area contributed by atoms with Crippen molar-refractivity contribution < 1.29 is 13.5 Å². The molecule has 25 heavy (non-hydrogen) atoms. The molecular weight excluding hydrogens is 340 g/mol. The minimum atomic E-state index is -3.26. The Hall–Kier alpha value is -2.19. The van der Waals surface area contributed by atoms with Crippen LogP contribution in [-0.2, 0) is 23.0 Å². The van der Waals surface area contributed by atoms with E-state index >= 15 is 0 Å². The van der Waals surface area contributed by atoms with Crippen LogP contribution in [0, 0.1) is 0 Å². The number of hydrogen-bond acceptors (Lipinski definition) is 6. The molecule has 0 saturated carbocycles. The molecule has 0 amide bonds. The first-order valence-electron chi connectivity index (χ1n) is 8.16. The highest BCUT2D eigenvalue weighted by atomic mass is 32.2. The molecule has 0 bridgehead atoms. The highest BCUT2D eigenvalue weighted by molar-refractivity contribution is 7.89. The van der Waals surface area contributed by atoms with E-state index in [0.717, 1.165) is 11.3 Å². The van der Waals surface area contributed by atoms with Crippen LogP contribution in [0.3, 0.4) is 0 Å². The molecule has 2 heterocycles. The molecule has 0 radical (unpaired) electrons. The van der Waals surface area contributed by atoms with Crippen LogP contribution in [0.2, 0.25) is 0 Å². The summed E-state index contributed by atoms with van der Waals surface area (Å²) < 4.78 is 25.9. The quantitative estimate of drug-likeness (QED) is 0.889. The standard InChI is InChI=1S/C17H22N4O3S/c1-4-25(23,24)21-10-9-14-13(11-21)17(20(2)3)19-16(18-14)12-7-5-6-8-15(12)22/h5-8,22H,4,9-11H2,1-3H3. The molecule has 0 saturated heterocycles. The van der Waals surface area contributed by atoms with Gasteiger partial charge in [0.1, 0.15) is 11.6 Å². The van der Waals surface area contributed by atoms with E-state index in [1.807, 2.05) is 25.1 Å². The monoisotopic (exact) mass is 362 g/mol. The van der Waals surface area contributed by atoms with Crippen molar-refractivity contribution in [2.45, 2.75) is 19.9 Å². The molecule has 3 rings (SSSR count). The maximum Gasteiger partial charge on any atom is 0.214 e. The molecule has 0 atom stereocenters. The fourth-order valence-corrected chi connectivity index (χ4v) is 4.01. The number of aromatic hydroxyl groups is 1. The van der Waals surface area contributed by atoms with Gasteiger partial charge in [0.2, 0.25) is 10.0 Å². The van der Waals surface area contributed by atoms with Crippen molar-refractivity contribution in [1.82, 2.24) is 14.3 Å². The van der Waals surface area contributed by atoms with E-state index in [0.29, 0.717) is 30.2 Å². The lowest BCUT2D eigenvalue weighted by atomic mass is 10.1. The van der Waals surface area contributed by atoms with Gasteiger partial charge < -0.3 is 10.0 Å². The van der Waals surface area contributed by atoms with Gasteiger partial charge in [-0.1, -0.05) is 12.1 Å². The summed E-state index contributed by atoms with van der Waals surface area (Å²) >= 11 is 0. The molecule has 1 aromatic heterocycles. The number of benzene rings is 1. The van der Waals surface area contributed by atoms with Crippen molar-refractivity contribution in [2.24, 2.45) is 0 Å². The van der Waals surface area contributed by atoms with E-state index in [1.165, 1.54) is 4.31 Å². The Kier molecular flexibility index (Phi) is 4.66. The Morgan fingerprint density at radius 3 is 2.60 bits per heavy atom. The molecule has 7 nitrogen and oxygen atoms in total. The highest BCUT2D eigenvalue weighted by Gasteiger charge is 2.29. The molecule has 134 valence electrons. The third kappa shape index (κ3) is 3.32. The first-order chi connectivity index (χ1) is 11.8. The number of para-hydroxylation sites is 1. The van der Waals surface area contributed by atoms with E-state index < -0.39 is 10.0 Å². The summed E-state index contributed by atoms with van der Waals surface area (Å²) in [6.07, 6.45) is 0.526. The van der Waals surface area contributed by atoms with Crippen LogP contribution in [-0.4, -0.2) is 54.2 Å². The number of anilines is 1. The number of fused-ring (bicyclic) bond motifs is 1. The molecule has 0 fully saturated rings. The van der Waals surface area contributed by atoms with E-state index in [4.69, 9.17) is 0 Å². The predicted molar refractivity (Wildman–Crippen MR) is 97.0 cm³/mol. The van der Waals surface area contributed by atoms with Gasteiger partial charge in [-0.15, -0.1) is 0 Å². The van der Waals surface area contributed by atoms with Crippen molar-refractivity contribution in [1.29, 1.82) is 0 Å². The van der Waals surface area contributed by atoms with Crippen molar-refractivity contribution >= 4 is 15.8 Å². The van der Waals surface area contributed by atoms with E-state index in [2.05, 4.69) is 9.97 Å². The zero-order valence-electron chi connectivity index (χ0n) is 14.6. The molecule has 2 aromatic rings. The van der Waals surface area contributed by atoms with Crippen LogP contribution in [0.5, 0.6) is 5.75 Å². The van der Waals surface area contributed by atoms with Crippen LogP contribution in [0.25, 0.3) is 11.4 Å². The van der Waals surface area contributed by atoms with Crippen molar-refractivity contribution in [3.8, 4) is 17.1 Å². The molecule has 0 spiro atoms. The van der Waals surface area contributed by atoms with Gasteiger partial charge in [-0.25, -0.2) is 18.4 Å². The Morgan fingerprint density at radius 1 is 1.24 bits per heavy atom. The van der Waals surface area contributed by atoms with Gasteiger partial charge in [-0.3, -0.25) is 0 Å². The van der Waals surface area contributed by atoms with E-state index in [-0.39, 0.29) is 18.0 Å². The average molecular weight is 362 g/mol. The van der Waals surface area contributed by atoms with Gasteiger partial charge in [0, 0.05) is 39.2 Å². The molecule has 1 aliphatic heterocycles. The SMILES string of the molecule is CCS(=O)(=O)N1CCc2nc(-c3ccccc3O)nc(N(C)C)c2C1. The molecule has 1 aliphatic rings. The lowest BCUT2D eigenvalue weighted by molar-refractivity contribution is 0.388. The molecule has 0 aliphatic carbocycles. The van der Waals surface area contributed by atoms with Crippen molar-refractivity contribution in [3.05, 3.63) is 35.5 Å². The van der Waals surface area contributed by atoms with Crippen LogP contribution < -0.4 is 4.90 Å². The molecule has 8 heteroatoms. The number of sulfonamides is 1. The number of hydrogen-bond donors (Lipinski definition) is 1. The minimum Gasteiger partial charge on any atom is -0.507 e. The maximum absolute atomic E-state index is 12.2. The summed E-state index contributed by atoms with van der Waals surface area (Å²) in [5.74, 6) is 1.33. The van der Waals surface area contributed by atoms with E-state index in [1.54, 1.807) is 25.1 Å². The van der Waals surface area contributed by atoms with Gasteiger partial charge in [0.15, 0.2) is 5.82 Å². The summed E-state index contributed by atoms with van der Waals surface area (Å²) in [5.41, 5.74) is 2.23. The summed E-state index contributed by atoms with van der Waals surface area (Å²) in [4.78, 5) is 11.1. The van der Waals surface area contributed by atoms with Gasteiger partial charge in [0.25, 0.3) is 0 Å². The zero-order chi connectivity index (χ0) is 18.2. The normalized spacial score (nSPS) is 15.0. The second-order valence-electron chi connectivity index (χ2n) is 6.19. The maximum atomic E-state index is 12.2.